The fourth-order valence-corrected chi connectivity index (χ4v) is 5.37. The molecule has 1 saturated heterocycles. The van der Waals surface area contributed by atoms with Crippen LogP contribution in [0.5, 0.6) is 0 Å². The number of nitrogens with zero attached hydrogens (tertiary/aromatic N) is 2. The number of aryl methyl sites for hydroxylation is 1. The van der Waals surface area contributed by atoms with Gasteiger partial charge in [-0.15, -0.1) is 11.3 Å². The predicted molar refractivity (Wildman–Crippen MR) is 130 cm³/mol. The Hall–Kier alpha value is -2.47. The maximum absolute atomic E-state index is 14.0. The van der Waals surface area contributed by atoms with E-state index in [0.29, 0.717) is 6.42 Å². The second-order valence-electron chi connectivity index (χ2n) is 8.95. The van der Waals surface area contributed by atoms with Crippen LogP contribution in [0.15, 0.2) is 42.5 Å². The van der Waals surface area contributed by atoms with Crippen molar-refractivity contribution in [1.82, 2.24) is 4.98 Å². The molecule has 170 valence electrons. The molecule has 0 saturated carbocycles. The number of hydrogen-bond acceptors (Lipinski definition) is 5. The van der Waals surface area contributed by atoms with E-state index in [1.54, 1.807) is 24.3 Å². The molecule has 32 heavy (non-hydrogen) atoms. The third-order valence-corrected chi connectivity index (χ3v) is 7.42. The van der Waals surface area contributed by atoms with Crippen LogP contribution in [0.25, 0.3) is 16.8 Å². The van der Waals surface area contributed by atoms with E-state index in [9.17, 15) is 9.18 Å². The van der Waals surface area contributed by atoms with Crippen molar-refractivity contribution in [3.63, 3.8) is 0 Å². The van der Waals surface area contributed by atoms with E-state index in [2.05, 4.69) is 36.1 Å². The summed E-state index contributed by atoms with van der Waals surface area (Å²) in [4.78, 5) is 20.5. The minimum atomic E-state index is -1.25. The molecule has 6 heteroatoms. The normalized spacial score (nSPS) is 23.9. The Kier molecular flexibility index (Phi) is 6.79. The van der Waals surface area contributed by atoms with Gasteiger partial charge in [-0.3, -0.25) is 4.79 Å². The molecular weight excluding hydrogens is 423 g/mol. The van der Waals surface area contributed by atoms with Crippen molar-refractivity contribution in [2.45, 2.75) is 51.6 Å². The summed E-state index contributed by atoms with van der Waals surface area (Å²) in [6.07, 6.45) is 9.67. The van der Waals surface area contributed by atoms with Crippen LogP contribution in [-0.4, -0.2) is 36.8 Å². The fourth-order valence-electron chi connectivity index (χ4n) is 4.38. The van der Waals surface area contributed by atoms with E-state index in [1.165, 1.54) is 12.0 Å². The quantitative estimate of drug-likeness (QED) is 0.504. The van der Waals surface area contributed by atoms with Gasteiger partial charge in [0.1, 0.15) is 5.67 Å². The van der Waals surface area contributed by atoms with E-state index in [0.717, 1.165) is 66.3 Å². The van der Waals surface area contributed by atoms with Crippen molar-refractivity contribution < 1.29 is 13.9 Å². The van der Waals surface area contributed by atoms with Gasteiger partial charge in [-0.2, -0.15) is 0 Å². The van der Waals surface area contributed by atoms with Gasteiger partial charge in [0.05, 0.1) is 18.7 Å². The van der Waals surface area contributed by atoms with Gasteiger partial charge in [-0.25, -0.2) is 9.37 Å². The molecule has 2 aromatic rings. The number of alkyl halides is 1. The number of hydrogen-bond donors (Lipinski definition) is 0. The highest BCUT2D eigenvalue weighted by Crippen LogP contribution is 2.35. The Morgan fingerprint density at radius 1 is 1.19 bits per heavy atom. The molecule has 4 rings (SSSR count). The third kappa shape index (κ3) is 5.12. The predicted octanol–water partition coefficient (Wildman–Crippen LogP) is 6.36. The molecule has 2 unspecified atom stereocenters. The average Bonchev–Trinajstić information content (AvgIpc) is 3.15. The van der Waals surface area contributed by atoms with Gasteiger partial charge in [-0.05, 0) is 50.3 Å². The highest BCUT2D eigenvalue weighted by atomic mass is 32.1. The van der Waals surface area contributed by atoms with Crippen molar-refractivity contribution in [3.8, 4) is 11.3 Å². The number of methoxy groups -OCH3 is 1. The molecular formula is C26H31FN2O2S. The first-order valence-corrected chi connectivity index (χ1v) is 12.2. The van der Waals surface area contributed by atoms with Crippen molar-refractivity contribution in [1.29, 1.82) is 0 Å². The summed E-state index contributed by atoms with van der Waals surface area (Å²) in [5.74, 6) is -0.115. The van der Waals surface area contributed by atoms with E-state index in [4.69, 9.17) is 9.72 Å². The number of benzene rings is 1. The van der Waals surface area contributed by atoms with Crippen LogP contribution in [0.3, 0.4) is 0 Å². The van der Waals surface area contributed by atoms with Crippen molar-refractivity contribution in [3.05, 3.63) is 52.9 Å². The summed E-state index contributed by atoms with van der Waals surface area (Å²) in [5.41, 5.74) is 2.99. The lowest BCUT2D eigenvalue weighted by atomic mass is 9.92. The Balaban J connectivity index is 1.49. The van der Waals surface area contributed by atoms with Crippen LogP contribution in [0.2, 0.25) is 0 Å². The van der Waals surface area contributed by atoms with Gasteiger partial charge in [0.25, 0.3) is 0 Å². The number of aromatic nitrogens is 1. The van der Waals surface area contributed by atoms with Gasteiger partial charge >= 0.3 is 5.97 Å². The van der Waals surface area contributed by atoms with Crippen LogP contribution in [0.1, 0.15) is 49.5 Å². The van der Waals surface area contributed by atoms with Gasteiger partial charge < -0.3 is 9.64 Å². The van der Waals surface area contributed by atoms with Crippen LogP contribution in [0.4, 0.5) is 9.52 Å². The molecule has 0 amide bonds. The van der Waals surface area contributed by atoms with Crippen LogP contribution in [-0.2, 0) is 9.53 Å². The molecule has 1 aromatic heterocycles. The maximum atomic E-state index is 14.0. The van der Waals surface area contributed by atoms with Gasteiger partial charge in [0.15, 0.2) is 5.13 Å². The fraction of sp³-hybridized carbons (Fsp3) is 0.462. The number of anilines is 1. The van der Waals surface area contributed by atoms with Gasteiger partial charge in [0, 0.05) is 30.0 Å². The first-order chi connectivity index (χ1) is 15.4. The van der Waals surface area contributed by atoms with E-state index in [-0.39, 0.29) is 11.9 Å². The summed E-state index contributed by atoms with van der Waals surface area (Å²) >= 11 is 1.71. The van der Waals surface area contributed by atoms with Gasteiger partial charge in [-0.1, -0.05) is 42.8 Å². The highest BCUT2D eigenvalue weighted by molar-refractivity contribution is 7.16. The summed E-state index contributed by atoms with van der Waals surface area (Å²) in [7, 11) is 1.47. The number of carbonyl (C=O) groups excluding carboxylic acids is 1. The Morgan fingerprint density at radius 2 is 1.94 bits per heavy atom. The second kappa shape index (κ2) is 9.57. The topological polar surface area (TPSA) is 42.4 Å². The number of halogens is 1. The second-order valence-corrected chi connectivity index (χ2v) is 10.1. The highest BCUT2D eigenvalue weighted by Gasteiger charge is 2.24. The average molecular weight is 455 g/mol. The van der Waals surface area contributed by atoms with Crippen molar-refractivity contribution >= 4 is 28.0 Å². The number of carbonyl (C=O) groups is 1. The Bertz CT molecular complexity index is 1020. The zero-order valence-corrected chi connectivity index (χ0v) is 19.9. The molecule has 1 aliphatic heterocycles. The van der Waals surface area contributed by atoms with Gasteiger partial charge in [0.2, 0.25) is 0 Å². The summed E-state index contributed by atoms with van der Waals surface area (Å²) in [6.45, 7) is 5.50. The van der Waals surface area contributed by atoms with Crippen LogP contribution >= 0.6 is 11.3 Å². The minimum absolute atomic E-state index is 0.0192. The zero-order chi connectivity index (χ0) is 22.7. The smallest absolute Gasteiger partial charge is 0.308 e. The van der Waals surface area contributed by atoms with Crippen LogP contribution in [0, 0.1) is 12.8 Å². The first kappa shape index (κ1) is 22.7. The van der Waals surface area contributed by atoms with E-state index in [1.807, 2.05) is 12.2 Å². The Morgan fingerprint density at radius 3 is 2.62 bits per heavy atom. The molecule has 1 aliphatic carbocycles. The largest absolute Gasteiger partial charge is 0.469 e. The molecule has 0 spiro atoms. The number of esters is 1. The molecule has 2 aliphatic rings. The molecule has 0 radical (unpaired) electrons. The SMILES string of the molecule is COC(=O)C1CCCCN(c2nc(-c3ccc(C4=CCC(C)(F)C=C4)cc3)c(C)s2)CC1. The first-order valence-electron chi connectivity index (χ1n) is 11.4. The molecule has 1 aromatic carbocycles. The third-order valence-electron chi connectivity index (χ3n) is 6.39. The molecule has 4 nitrogen and oxygen atoms in total. The van der Waals surface area contributed by atoms with Crippen molar-refractivity contribution in [2.75, 3.05) is 25.1 Å². The maximum Gasteiger partial charge on any atom is 0.308 e. The van der Waals surface area contributed by atoms with Crippen LogP contribution < -0.4 is 4.90 Å². The lowest BCUT2D eigenvalue weighted by Gasteiger charge is -2.27. The van der Waals surface area contributed by atoms with E-state index < -0.39 is 5.67 Å². The number of thiazole rings is 1. The number of rotatable bonds is 4. The molecule has 1 fully saturated rings. The summed E-state index contributed by atoms with van der Waals surface area (Å²) < 4.78 is 19.0. The summed E-state index contributed by atoms with van der Waals surface area (Å²) in [5, 5.41) is 1.02. The molecule has 0 bridgehead atoms. The monoisotopic (exact) mass is 454 g/mol. The number of ether oxygens (including phenoxy) is 1. The zero-order valence-electron chi connectivity index (χ0n) is 19.1. The Labute approximate surface area is 193 Å². The van der Waals surface area contributed by atoms with E-state index >= 15 is 0 Å². The van der Waals surface area contributed by atoms with Crippen molar-refractivity contribution in [2.24, 2.45) is 5.92 Å². The standard InChI is InChI=1S/C26H31FN2O2S/c1-18-23(21-9-7-19(8-10-21)20-11-14-26(2,27)15-12-20)28-25(32-18)29-16-5-4-6-22(13-17-29)24(30)31-3/h7-12,14,22H,4-6,13,15-17H2,1-3H3. The lowest BCUT2D eigenvalue weighted by Crippen LogP contribution is -2.31. The summed E-state index contributed by atoms with van der Waals surface area (Å²) in [6, 6.07) is 8.36. The lowest BCUT2D eigenvalue weighted by molar-refractivity contribution is -0.145. The molecule has 0 N–H and O–H groups in total. The minimum Gasteiger partial charge on any atom is -0.469 e. The number of allylic oxidation sites excluding steroid dienone is 4. The molecule has 2 heterocycles. The molecule has 2 atom stereocenters.